The second kappa shape index (κ2) is 4.76. The first-order valence-electron chi connectivity index (χ1n) is 3.45. The van der Waals surface area contributed by atoms with E-state index < -0.39 is 0 Å². The summed E-state index contributed by atoms with van der Waals surface area (Å²) < 4.78 is 5.68. The number of carbonyl (C=O) groups is 1. The lowest BCUT2D eigenvalue weighted by Crippen LogP contribution is -2.03. The third kappa shape index (κ3) is 2.41. The Morgan fingerprint density at radius 3 is 3.08 bits per heavy atom. The molecule has 1 rings (SSSR count). The third-order valence-corrected chi connectivity index (χ3v) is 3.45. The van der Waals surface area contributed by atoms with Crippen molar-refractivity contribution in [2.45, 2.75) is 11.4 Å². The number of esters is 1. The molecule has 0 amide bonds. The number of carbonyl (C=O) groups excluding carboxylic acids is 1. The zero-order chi connectivity index (χ0) is 8.97. The number of hydrogen-bond acceptors (Lipinski definition) is 4. The van der Waals surface area contributed by atoms with Gasteiger partial charge in [-0.1, -0.05) is 22.6 Å². The molecule has 3 nitrogen and oxygen atoms in total. The van der Waals surface area contributed by atoms with Gasteiger partial charge in [-0.25, -0.2) is 9.78 Å². The quantitative estimate of drug-likeness (QED) is 0.488. The second-order valence-corrected chi connectivity index (χ2v) is 3.86. The Morgan fingerprint density at radius 1 is 1.83 bits per heavy atom. The first-order valence-corrected chi connectivity index (χ1v) is 5.80. The van der Waals surface area contributed by atoms with E-state index in [0.29, 0.717) is 11.6 Å². The number of ether oxygens (including phenoxy) is 1. The number of aromatic nitrogens is 1. The van der Waals surface area contributed by atoms with Gasteiger partial charge in [0.25, 0.3) is 0 Å². The predicted molar refractivity (Wildman–Crippen MR) is 55.8 cm³/mol. The normalized spacial score (nSPS) is 9.83. The summed E-state index contributed by atoms with van der Waals surface area (Å²) in [7, 11) is 0. The van der Waals surface area contributed by atoms with Crippen molar-refractivity contribution in [3.05, 3.63) is 16.1 Å². The Morgan fingerprint density at radius 2 is 2.58 bits per heavy atom. The number of alkyl halides is 1. The lowest BCUT2D eigenvalue weighted by molar-refractivity contribution is 0.0526. The highest BCUT2D eigenvalue weighted by atomic mass is 127. The molecule has 1 aromatic rings. The van der Waals surface area contributed by atoms with E-state index in [9.17, 15) is 4.79 Å². The van der Waals surface area contributed by atoms with Crippen LogP contribution in [0.4, 0.5) is 0 Å². The first-order chi connectivity index (χ1) is 5.77. The van der Waals surface area contributed by atoms with E-state index in [0.717, 1.165) is 9.30 Å². The number of rotatable bonds is 3. The van der Waals surface area contributed by atoms with Crippen LogP contribution in [0.25, 0.3) is 0 Å². The van der Waals surface area contributed by atoms with Crippen molar-refractivity contribution in [1.82, 2.24) is 4.98 Å². The van der Waals surface area contributed by atoms with E-state index in [1.165, 1.54) is 11.3 Å². The molecular weight excluding hydrogens is 289 g/mol. The van der Waals surface area contributed by atoms with Crippen molar-refractivity contribution >= 4 is 39.9 Å². The van der Waals surface area contributed by atoms with Crippen LogP contribution in [0.3, 0.4) is 0 Å². The second-order valence-electron chi connectivity index (χ2n) is 1.99. The molecular formula is C7H8INO2S. The van der Waals surface area contributed by atoms with Crippen molar-refractivity contribution in [3.8, 4) is 0 Å². The lowest BCUT2D eigenvalue weighted by atomic mass is 10.6. The highest BCUT2D eigenvalue weighted by Gasteiger charge is 2.10. The maximum atomic E-state index is 11.1. The van der Waals surface area contributed by atoms with Gasteiger partial charge in [-0.05, 0) is 6.92 Å². The van der Waals surface area contributed by atoms with Gasteiger partial charge in [-0.2, -0.15) is 0 Å². The van der Waals surface area contributed by atoms with E-state index in [1.807, 2.05) is 0 Å². The van der Waals surface area contributed by atoms with Crippen LogP contribution in [-0.4, -0.2) is 17.6 Å². The standard InChI is InChI=1S/C7H8INO2S/c1-2-11-7(10)6-9-4-5(3-8)12-6/h4H,2-3H2,1H3. The molecule has 0 radical (unpaired) electrons. The topological polar surface area (TPSA) is 39.2 Å². The summed E-state index contributed by atoms with van der Waals surface area (Å²) in [5.41, 5.74) is 0. The van der Waals surface area contributed by atoms with Crippen molar-refractivity contribution < 1.29 is 9.53 Å². The summed E-state index contributed by atoms with van der Waals surface area (Å²) in [5, 5.41) is 0.448. The number of halogens is 1. The van der Waals surface area contributed by atoms with Gasteiger partial charge in [-0.3, -0.25) is 0 Å². The van der Waals surface area contributed by atoms with Crippen LogP contribution in [0.1, 0.15) is 21.6 Å². The van der Waals surface area contributed by atoms with Gasteiger partial charge in [-0.15, -0.1) is 11.3 Å². The van der Waals surface area contributed by atoms with Gasteiger partial charge >= 0.3 is 5.97 Å². The molecule has 0 atom stereocenters. The van der Waals surface area contributed by atoms with Crippen molar-refractivity contribution in [2.24, 2.45) is 0 Å². The average Bonchev–Trinajstić information content (AvgIpc) is 2.52. The van der Waals surface area contributed by atoms with Gasteiger partial charge in [0.15, 0.2) is 0 Å². The zero-order valence-corrected chi connectivity index (χ0v) is 9.52. The number of thiazole rings is 1. The molecule has 66 valence electrons. The minimum absolute atomic E-state index is 0.321. The highest BCUT2D eigenvalue weighted by molar-refractivity contribution is 14.1. The zero-order valence-electron chi connectivity index (χ0n) is 6.54. The van der Waals surface area contributed by atoms with E-state index in [1.54, 1.807) is 13.1 Å². The van der Waals surface area contributed by atoms with E-state index in [4.69, 9.17) is 4.74 Å². The maximum Gasteiger partial charge on any atom is 0.367 e. The number of hydrogen-bond donors (Lipinski definition) is 0. The lowest BCUT2D eigenvalue weighted by Gasteiger charge is -1.94. The Bertz CT molecular complexity index is 274. The van der Waals surface area contributed by atoms with Gasteiger partial charge in [0.05, 0.1) is 6.61 Å². The molecule has 0 saturated carbocycles. The number of nitrogens with zero attached hydrogens (tertiary/aromatic N) is 1. The predicted octanol–water partition coefficient (Wildman–Crippen LogP) is 2.25. The van der Waals surface area contributed by atoms with Gasteiger partial charge in [0.2, 0.25) is 5.01 Å². The van der Waals surface area contributed by atoms with Crippen molar-refractivity contribution in [1.29, 1.82) is 0 Å². The van der Waals surface area contributed by atoms with Crippen LogP contribution in [0.2, 0.25) is 0 Å². The van der Waals surface area contributed by atoms with Crippen LogP contribution >= 0.6 is 33.9 Å². The monoisotopic (exact) mass is 297 g/mol. The average molecular weight is 297 g/mol. The smallest absolute Gasteiger partial charge is 0.367 e. The van der Waals surface area contributed by atoms with Crippen molar-refractivity contribution in [2.75, 3.05) is 6.61 Å². The summed E-state index contributed by atoms with van der Waals surface area (Å²) in [6, 6.07) is 0. The minimum atomic E-state index is -0.321. The maximum absolute atomic E-state index is 11.1. The van der Waals surface area contributed by atoms with Crippen molar-refractivity contribution in [3.63, 3.8) is 0 Å². The molecule has 5 heteroatoms. The van der Waals surface area contributed by atoms with Gasteiger partial charge < -0.3 is 4.74 Å². The van der Waals surface area contributed by atoms with Crippen LogP contribution in [0, 0.1) is 0 Å². The SMILES string of the molecule is CCOC(=O)c1ncc(CI)s1. The Labute approximate surface area is 88.3 Å². The van der Waals surface area contributed by atoms with E-state index in [-0.39, 0.29) is 5.97 Å². The fraction of sp³-hybridized carbons (Fsp3) is 0.429. The summed E-state index contributed by atoms with van der Waals surface area (Å²) in [6.45, 7) is 2.18. The van der Waals surface area contributed by atoms with Gasteiger partial charge in [0, 0.05) is 15.5 Å². The van der Waals surface area contributed by atoms with Crippen LogP contribution < -0.4 is 0 Å². The fourth-order valence-electron chi connectivity index (χ4n) is 0.656. The molecule has 0 aliphatic heterocycles. The third-order valence-electron chi connectivity index (χ3n) is 1.14. The molecule has 0 unspecified atom stereocenters. The van der Waals surface area contributed by atoms with Crippen LogP contribution in [-0.2, 0) is 9.16 Å². The molecule has 0 bridgehead atoms. The molecule has 0 aliphatic carbocycles. The Balaban J connectivity index is 2.68. The van der Waals surface area contributed by atoms with E-state index >= 15 is 0 Å². The molecule has 1 aromatic heterocycles. The van der Waals surface area contributed by atoms with Gasteiger partial charge in [0.1, 0.15) is 0 Å². The van der Waals surface area contributed by atoms with Crippen LogP contribution in [0.15, 0.2) is 6.20 Å². The molecule has 0 aromatic carbocycles. The molecule has 0 aliphatic rings. The molecule has 12 heavy (non-hydrogen) atoms. The summed E-state index contributed by atoms with van der Waals surface area (Å²) in [4.78, 5) is 16.1. The summed E-state index contributed by atoms with van der Waals surface area (Å²) in [6.07, 6.45) is 1.71. The molecule has 0 spiro atoms. The molecule has 0 N–H and O–H groups in total. The van der Waals surface area contributed by atoms with E-state index in [2.05, 4.69) is 27.6 Å². The first kappa shape index (κ1) is 9.91. The fourth-order valence-corrected chi connectivity index (χ4v) is 1.98. The molecule has 0 fully saturated rings. The summed E-state index contributed by atoms with van der Waals surface area (Å²) in [5.74, 6) is -0.321. The molecule has 1 heterocycles. The Hall–Kier alpha value is -0.170. The summed E-state index contributed by atoms with van der Waals surface area (Å²) >= 11 is 3.62. The molecule has 0 saturated heterocycles. The largest absolute Gasteiger partial charge is 0.461 e. The highest BCUT2D eigenvalue weighted by Crippen LogP contribution is 2.16. The van der Waals surface area contributed by atoms with Crippen LogP contribution in [0.5, 0.6) is 0 Å². The minimum Gasteiger partial charge on any atom is -0.461 e. The Kier molecular flexibility index (Phi) is 3.93.